The minimum Gasteiger partial charge on any atom is -0.497 e. The smallest absolute Gasteiger partial charge is 0.192 e. The van der Waals surface area contributed by atoms with Crippen LogP contribution in [-0.4, -0.2) is 29.6 Å². The van der Waals surface area contributed by atoms with Crippen molar-refractivity contribution >= 4 is 12.0 Å². The first-order valence-corrected chi connectivity index (χ1v) is 8.85. The summed E-state index contributed by atoms with van der Waals surface area (Å²) in [5.74, 6) is 0.648. The van der Waals surface area contributed by atoms with Crippen LogP contribution in [0.1, 0.15) is 28.8 Å². The number of ketones is 1. The number of nitrogens with one attached hydrogen (secondary N) is 2. The molecule has 0 spiro atoms. The average molecular weight is 359 g/mol. The van der Waals surface area contributed by atoms with Crippen LogP contribution in [0.4, 0.5) is 0 Å². The Morgan fingerprint density at radius 3 is 2.52 bits per heavy atom. The summed E-state index contributed by atoms with van der Waals surface area (Å²) in [4.78, 5) is 16.6. The van der Waals surface area contributed by atoms with Crippen LogP contribution in [0.25, 0.3) is 11.1 Å². The van der Waals surface area contributed by atoms with Gasteiger partial charge in [0.2, 0.25) is 0 Å². The Labute approximate surface area is 158 Å². The van der Waals surface area contributed by atoms with Crippen molar-refractivity contribution in [2.75, 3.05) is 7.11 Å². The Hall–Kier alpha value is -3.34. The molecule has 5 heteroatoms. The van der Waals surface area contributed by atoms with Crippen LogP contribution < -0.4 is 10.2 Å². The molecule has 27 heavy (non-hydrogen) atoms. The number of benzene rings is 2. The highest BCUT2D eigenvalue weighted by atomic mass is 16.5. The van der Waals surface area contributed by atoms with Gasteiger partial charge in [-0.3, -0.25) is 10.2 Å². The van der Waals surface area contributed by atoms with Gasteiger partial charge in [-0.1, -0.05) is 42.5 Å². The Kier molecular flexibility index (Phi) is 4.28. The number of aromatic nitrogens is 1. The summed E-state index contributed by atoms with van der Waals surface area (Å²) >= 11 is 0. The molecule has 0 aliphatic carbocycles. The average Bonchev–Trinajstić information content (AvgIpc) is 3.36. The number of carbonyl (C=O) groups excluding carboxylic acids is 1. The number of carbonyl (C=O) groups is 1. The largest absolute Gasteiger partial charge is 0.497 e. The zero-order valence-corrected chi connectivity index (χ0v) is 15.3. The molecule has 2 aromatic carbocycles. The minimum absolute atomic E-state index is 0.000853. The van der Waals surface area contributed by atoms with Gasteiger partial charge in [0.05, 0.1) is 13.0 Å². The summed E-state index contributed by atoms with van der Waals surface area (Å²) in [5.41, 5.74) is 5.73. The highest BCUT2D eigenvalue weighted by Gasteiger charge is 2.45. The number of Topliss-reactive ketones (excluding diaryl/α,β-unsaturated/α-hetero) is 1. The monoisotopic (exact) mass is 359 g/mol. The molecule has 5 nitrogen and oxygen atoms in total. The fourth-order valence-corrected chi connectivity index (χ4v) is 3.58. The highest BCUT2D eigenvalue weighted by molar-refractivity contribution is 6.10. The summed E-state index contributed by atoms with van der Waals surface area (Å²) in [6.07, 6.45) is 5.42. The molecule has 4 rings (SSSR count). The number of rotatable bonds is 5. The number of hydrogen-bond acceptors (Lipinski definition) is 4. The molecule has 2 heterocycles. The van der Waals surface area contributed by atoms with Gasteiger partial charge in [0.1, 0.15) is 11.3 Å². The fraction of sp³-hybridized carbons (Fsp3) is 0.182. The second-order valence-corrected chi connectivity index (χ2v) is 6.82. The van der Waals surface area contributed by atoms with Gasteiger partial charge in [0.15, 0.2) is 5.78 Å². The Bertz CT molecular complexity index is 976. The molecular weight excluding hydrogens is 338 g/mol. The molecule has 1 aromatic heterocycles. The van der Waals surface area contributed by atoms with Crippen LogP contribution in [0.2, 0.25) is 0 Å². The molecule has 2 atom stereocenters. The van der Waals surface area contributed by atoms with E-state index in [2.05, 4.69) is 15.5 Å². The molecule has 0 fully saturated rings. The zero-order chi connectivity index (χ0) is 18.9. The van der Waals surface area contributed by atoms with Gasteiger partial charge in [0.25, 0.3) is 0 Å². The molecule has 1 aliphatic rings. The van der Waals surface area contributed by atoms with Gasteiger partial charge in [-0.05, 0) is 30.2 Å². The molecule has 136 valence electrons. The standard InChI is InChI=1S/C22H21N3O2/c1-22(20(14-24-25-22)16-6-4-3-5-7-16)21(26)19-13-23-12-18(19)15-8-10-17(27-2)11-9-15/h3-14,20,23,25H,1-2H3. The van der Waals surface area contributed by atoms with Crippen molar-refractivity contribution in [3.63, 3.8) is 0 Å². The van der Waals surface area contributed by atoms with Crippen molar-refractivity contribution in [1.29, 1.82) is 0 Å². The summed E-state index contributed by atoms with van der Waals surface area (Å²) in [5, 5.41) is 4.23. The predicted octanol–water partition coefficient (Wildman–Crippen LogP) is 4.00. The maximum atomic E-state index is 13.5. The molecule has 0 saturated heterocycles. The van der Waals surface area contributed by atoms with Crippen LogP contribution in [0.5, 0.6) is 5.75 Å². The second-order valence-electron chi connectivity index (χ2n) is 6.82. The number of hydrogen-bond donors (Lipinski definition) is 2. The molecular formula is C22H21N3O2. The normalized spacial score (nSPS) is 21.0. The quantitative estimate of drug-likeness (QED) is 0.677. The van der Waals surface area contributed by atoms with Crippen LogP contribution in [0.15, 0.2) is 72.1 Å². The molecule has 0 saturated carbocycles. The van der Waals surface area contributed by atoms with Crippen LogP contribution in [-0.2, 0) is 0 Å². The third-order valence-electron chi connectivity index (χ3n) is 5.16. The second kappa shape index (κ2) is 6.76. The van der Waals surface area contributed by atoms with E-state index in [0.29, 0.717) is 5.56 Å². The van der Waals surface area contributed by atoms with E-state index < -0.39 is 5.54 Å². The lowest BCUT2D eigenvalue weighted by Gasteiger charge is -2.29. The molecule has 1 aliphatic heterocycles. The van der Waals surface area contributed by atoms with E-state index in [1.807, 2.05) is 73.9 Å². The van der Waals surface area contributed by atoms with Crippen LogP contribution >= 0.6 is 0 Å². The van der Waals surface area contributed by atoms with Gasteiger partial charge >= 0.3 is 0 Å². The first-order chi connectivity index (χ1) is 13.1. The Morgan fingerprint density at radius 1 is 1.07 bits per heavy atom. The maximum absolute atomic E-state index is 13.5. The van der Waals surface area contributed by atoms with Crippen molar-refractivity contribution in [3.05, 3.63) is 78.1 Å². The number of hydrazone groups is 1. The first-order valence-electron chi connectivity index (χ1n) is 8.85. The lowest BCUT2D eigenvalue weighted by molar-refractivity contribution is 0.0870. The van der Waals surface area contributed by atoms with Gasteiger partial charge in [0, 0.05) is 29.7 Å². The van der Waals surface area contributed by atoms with Crippen molar-refractivity contribution in [1.82, 2.24) is 10.4 Å². The summed E-state index contributed by atoms with van der Waals surface area (Å²) in [7, 11) is 1.64. The molecule has 0 radical (unpaired) electrons. The van der Waals surface area contributed by atoms with E-state index in [0.717, 1.165) is 22.4 Å². The van der Waals surface area contributed by atoms with E-state index in [-0.39, 0.29) is 11.7 Å². The molecule has 3 aromatic rings. The van der Waals surface area contributed by atoms with Crippen molar-refractivity contribution in [3.8, 4) is 16.9 Å². The zero-order valence-electron chi connectivity index (χ0n) is 15.3. The third kappa shape index (κ3) is 2.91. The summed E-state index contributed by atoms with van der Waals surface area (Å²) in [6.45, 7) is 1.91. The van der Waals surface area contributed by atoms with Crippen LogP contribution in [0.3, 0.4) is 0 Å². The van der Waals surface area contributed by atoms with E-state index in [1.54, 1.807) is 13.3 Å². The van der Waals surface area contributed by atoms with Crippen molar-refractivity contribution < 1.29 is 9.53 Å². The number of nitrogens with zero attached hydrogens (tertiary/aromatic N) is 1. The van der Waals surface area contributed by atoms with E-state index in [1.165, 1.54) is 0 Å². The van der Waals surface area contributed by atoms with Gasteiger partial charge in [-0.2, -0.15) is 5.10 Å². The van der Waals surface area contributed by atoms with Gasteiger partial charge < -0.3 is 9.72 Å². The number of aromatic amines is 1. The number of ether oxygens (including phenoxy) is 1. The number of methoxy groups -OCH3 is 1. The fourth-order valence-electron chi connectivity index (χ4n) is 3.58. The summed E-state index contributed by atoms with van der Waals surface area (Å²) < 4.78 is 5.22. The van der Waals surface area contributed by atoms with Gasteiger partial charge in [-0.25, -0.2) is 0 Å². The maximum Gasteiger partial charge on any atom is 0.192 e. The van der Waals surface area contributed by atoms with E-state index in [9.17, 15) is 4.79 Å². The van der Waals surface area contributed by atoms with Crippen LogP contribution in [0, 0.1) is 0 Å². The topological polar surface area (TPSA) is 66.5 Å². The Balaban J connectivity index is 1.70. The third-order valence-corrected chi connectivity index (χ3v) is 5.16. The molecule has 0 amide bonds. The molecule has 0 bridgehead atoms. The van der Waals surface area contributed by atoms with E-state index >= 15 is 0 Å². The lowest BCUT2D eigenvalue weighted by atomic mass is 9.77. The van der Waals surface area contributed by atoms with Crippen molar-refractivity contribution in [2.24, 2.45) is 5.10 Å². The van der Waals surface area contributed by atoms with Crippen molar-refractivity contribution in [2.45, 2.75) is 18.4 Å². The molecule has 2 N–H and O–H groups in total. The SMILES string of the molecule is COc1ccc(-c2c[nH]cc2C(=O)C2(C)NN=CC2c2ccccc2)cc1. The predicted molar refractivity (Wildman–Crippen MR) is 106 cm³/mol. The van der Waals surface area contributed by atoms with Gasteiger partial charge in [-0.15, -0.1) is 0 Å². The Morgan fingerprint density at radius 2 is 1.81 bits per heavy atom. The number of H-pyrrole nitrogens is 1. The summed E-state index contributed by atoms with van der Waals surface area (Å²) in [6, 6.07) is 17.7. The van der Waals surface area contributed by atoms with E-state index in [4.69, 9.17) is 4.74 Å². The lowest BCUT2D eigenvalue weighted by Crippen LogP contribution is -2.48. The molecule has 2 unspecified atom stereocenters. The minimum atomic E-state index is -0.842. The highest BCUT2D eigenvalue weighted by Crippen LogP contribution is 2.36. The first kappa shape index (κ1) is 17.1.